The molecule has 0 saturated carbocycles. The molecule has 0 atom stereocenters. The summed E-state index contributed by atoms with van der Waals surface area (Å²) in [5.41, 5.74) is 5.54. The molecule has 1 rings (SSSR count). The van der Waals surface area contributed by atoms with Crippen molar-refractivity contribution in [3.8, 4) is 0 Å². The van der Waals surface area contributed by atoms with Gasteiger partial charge < -0.3 is 15.4 Å². The summed E-state index contributed by atoms with van der Waals surface area (Å²) in [4.78, 5) is 13.6. The first-order chi connectivity index (χ1) is 6.65. The molecule has 0 unspecified atom stereocenters. The lowest BCUT2D eigenvalue weighted by Crippen LogP contribution is -2.41. The second-order valence-electron chi connectivity index (χ2n) is 3.36. The molecule has 4 nitrogen and oxygen atoms in total. The zero-order chi connectivity index (χ0) is 10.6. The molecule has 0 bridgehead atoms. The standard InChI is InChI=1S/C9H16N2O2S/c1-2-13-9(12)11-5-3-7(4-6-11)8(10)14/h7H,2-6H2,1H3,(H2,10,14). The zero-order valence-electron chi connectivity index (χ0n) is 8.36. The van der Waals surface area contributed by atoms with Gasteiger partial charge in [0.2, 0.25) is 0 Å². The minimum absolute atomic E-state index is 0.228. The highest BCUT2D eigenvalue weighted by Crippen LogP contribution is 2.17. The Morgan fingerprint density at radius 3 is 2.57 bits per heavy atom. The number of amides is 1. The van der Waals surface area contributed by atoms with Crippen LogP contribution in [0.4, 0.5) is 4.79 Å². The molecule has 0 radical (unpaired) electrons. The molecule has 0 aromatic carbocycles. The average Bonchev–Trinajstić information content (AvgIpc) is 2.18. The number of rotatable bonds is 2. The van der Waals surface area contributed by atoms with E-state index in [0.29, 0.717) is 24.7 Å². The quantitative estimate of drug-likeness (QED) is 0.703. The van der Waals surface area contributed by atoms with Crippen LogP contribution < -0.4 is 5.73 Å². The number of piperidine rings is 1. The summed E-state index contributed by atoms with van der Waals surface area (Å²) in [6, 6.07) is 0. The van der Waals surface area contributed by atoms with Crippen molar-refractivity contribution in [2.75, 3.05) is 19.7 Å². The van der Waals surface area contributed by atoms with Crippen molar-refractivity contribution < 1.29 is 9.53 Å². The van der Waals surface area contributed by atoms with Crippen molar-refractivity contribution >= 4 is 23.3 Å². The van der Waals surface area contributed by atoms with Gasteiger partial charge in [-0.05, 0) is 19.8 Å². The van der Waals surface area contributed by atoms with E-state index in [1.807, 2.05) is 0 Å². The van der Waals surface area contributed by atoms with E-state index in [1.54, 1.807) is 11.8 Å². The van der Waals surface area contributed by atoms with Gasteiger partial charge in [0.1, 0.15) is 0 Å². The van der Waals surface area contributed by atoms with Crippen molar-refractivity contribution in [1.82, 2.24) is 4.90 Å². The number of hydrogen-bond acceptors (Lipinski definition) is 3. The first kappa shape index (κ1) is 11.2. The second-order valence-corrected chi connectivity index (χ2v) is 3.83. The lowest BCUT2D eigenvalue weighted by molar-refractivity contribution is 0.0965. The van der Waals surface area contributed by atoms with Crippen LogP contribution in [0, 0.1) is 5.92 Å². The van der Waals surface area contributed by atoms with E-state index >= 15 is 0 Å². The highest BCUT2D eigenvalue weighted by Gasteiger charge is 2.24. The largest absolute Gasteiger partial charge is 0.450 e. The molecule has 0 aromatic heterocycles. The Kier molecular flexibility index (Phi) is 4.13. The third kappa shape index (κ3) is 2.83. The van der Waals surface area contributed by atoms with Crippen LogP contribution in [0.2, 0.25) is 0 Å². The smallest absolute Gasteiger partial charge is 0.409 e. The van der Waals surface area contributed by atoms with Gasteiger partial charge in [-0.3, -0.25) is 0 Å². The van der Waals surface area contributed by atoms with Gasteiger partial charge >= 0.3 is 6.09 Å². The highest BCUT2D eigenvalue weighted by molar-refractivity contribution is 7.80. The van der Waals surface area contributed by atoms with Gasteiger partial charge in [0.15, 0.2) is 0 Å². The van der Waals surface area contributed by atoms with E-state index in [1.165, 1.54) is 0 Å². The monoisotopic (exact) mass is 216 g/mol. The number of carbonyl (C=O) groups is 1. The van der Waals surface area contributed by atoms with Gasteiger partial charge in [-0.1, -0.05) is 12.2 Å². The molecule has 2 N–H and O–H groups in total. The van der Waals surface area contributed by atoms with Crippen LogP contribution in [0.1, 0.15) is 19.8 Å². The van der Waals surface area contributed by atoms with Crippen LogP contribution in [0.15, 0.2) is 0 Å². The summed E-state index contributed by atoms with van der Waals surface area (Å²) >= 11 is 4.91. The van der Waals surface area contributed by atoms with E-state index in [4.69, 9.17) is 22.7 Å². The Hall–Kier alpha value is -0.840. The van der Waals surface area contributed by atoms with E-state index in [2.05, 4.69) is 0 Å². The van der Waals surface area contributed by atoms with Crippen LogP contribution >= 0.6 is 12.2 Å². The Morgan fingerprint density at radius 1 is 1.57 bits per heavy atom. The number of ether oxygens (including phenoxy) is 1. The molecule has 1 saturated heterocycles. The second kappa shape index (κ2) is 5.14. The van der Waals surface area contributed by atoms with Crippen molar-refractivity contribution in [2.24, 2.45) is 11.7 Å². The summed E-state index contributed by atoms with van der Waals surface area (Å²) in [5, 5.41) is 0. The minimum atomic E-state index is -0.228. The van der Waals surface area contributed by atoms with Gasteiger partial charge in [0.05, 0.1) is 11.6 Å². The molecule has 0 spiro atoms. The fourth-order valence-corrected chi connectivity index (χ4v) is 1.80. The maximum absolute atomic E-state index is 11.3. The minimum Gasteiger partial charge on any atom is -0.450 e. The summed E-state index contributed by atoms with van der Waals surface area (Å²) in [6.07, 6.45) is 1.48. The summed E-state index contributed by atoms with van der Waals surface area (Å²) in [7, 11) is 0. The highest BCUT2D eigenvalue weighted by atomic mass is 32.1. The predicted molar refractivity (Wildman–Crippen MR) is 58.1 cm³/mol. The third-order valence-electron chi connectivity index (χ3n) is 2.42. The molecular formula is C9H16N2O2S. The maximum Gasteiger partial charge on any atom is 0.409 e. The van der Waals surface area contributed by atoms with E-state index in [0.717, 1.165) is 12.8 Å². The number of nitrogens with zero attached hydrogens (tertiary/aromatic N) is 1. The molecule has 0 aliphatic carbocycles. The number of hydrogen-bond donors (Lipinski definition) is 1. The van der Waals surface area contributed by atoms with Crippen LogP contribution in [0.3, 0.4) is 0 Å². The first-order valence-corrected chi connectivity index (χ1v) is 5.27. The SMILES string of the molecule is CCOC(=O)N1CCC(C(N)=S)CC1. The lowest BCUT2D eigenvalue weighted by Gasteiger charge is -2.30. The average molecular weight is 216 g/mol. The topological polar surface area (TPSA) is 55.6 Å². The van der Waals surface area contributed by atoms with Gasteiger partial charge in [-0.2, -0.15) is 0 Å². The molecule has 0 aromatic rings. The van der Waals surface area contributed by atoms with Crippen LogP contribution in [-0.2, 0) is 4.74 Å². The fourth-order valence-electron chi connectivity index (χ4n) is 1.56. The number of carbonyl (C=O) groups excluding carboxylic acids is 1. The Labute approximate surface area is 89.4 Å². The summed E-state index contributed by atoms with van der Waals surface area (Å²) in [5.74, 6) is 0.288. The molecule has 1 aliphatic heterocycles. The first-order valence-electron chi connectivity index (χ1n) is 4.86. The normalized spacial score (nSPS) is 17.9. The van der Waals surface area contributed by atoms with E-state index < -0.39 is 0 Å². The number of nitrogens with two attached hydrogens (primary N) is 1. The van der Waals surface area contributed by atoms with Crippen molar-refractivity contribution in [3.05, 3.63) is 0 Å². The summed E-state index contributed by atoms with van der Waals surface area (Å²) in [6.45, 7) is 3.62. The lowest BCUT2D eigenvalue weighted by atomic mass is 9.97. The van der Waals surface area contributed by atoms with Gasteiger partial charge in [-0.25, -0.2) is 4.79 Å². The predicted octanol–water partition coefficient (Wildman–Crippen LogP) is 1.14. The third-order valence-corrected chi connectivity index (χ3v) is 2.76. The molecule has 80 valence electrons. The van der Waals surface area contributed by atoms with Gasteiger partial charge in [0, 0.05) is 19.0 Å². The molecular weight excluding hydrogens is 200 g/mol. The van der Waals surface area contributed by atoms with Crippen molar-refractivity contribution in [1.29, 1.82) is 0 Å². The Morgan fingerprint density at radius 2 is 2.14 bits per heavy atom. The Balaban J connectivity index is 2.35. The number of thiocarbonyl (C=S) groups is 1. The maximum atomic E-state index is 11.3. The fraction of sp³-hybridized carbons (Fsp3) is 0.778. The van der Waals surface area contributed by atoms with Gasteiger partial charge in [0.25, 0.3) is 0 Å². The number of likely N-dealkylation sites (tertiary alicyclic amines) is 1. The molecule has 14 heavy (non-hydrogen) atoms. The molecule has 1 heterocycles. The van der Waals surface area contributed by atoms with Crippen LogP contribution in [-0.4, -0.2) is 35.7 Å². The molecule has 5 heteroatoms. The van der Waals surface area contributed by atoms with Gasteiger partial charge in [-0.15, -0.1) is 0 Å². The van der Waals surface area contributed by atoms with E-state index in [9.17, 15) is 4.79 Å². The molecule has 1 fully saturated rings. The zero-order valence-corrected chi connectivity index (χ0v) is 9.18. The Bertz CT molecular complexity index is 225. The summed E-state index contributed by atoms with van der Waals surface area (Å²) < 4.78 is 4.90. The van der Waals surface area contributed by atoms with Crippen molar-refractivity contribution in [2.45, 2.75) is 19.8 Å². The van der Waals surface area contributed by atoms with Crippen molar-refractivity contribution in [3.63, 3.8) is 0 Å². The molecule has 1 aliphatic rings. The van der Waals surface area contributed by atoms with E-state index in [-0.39, 0.29) is 12.0 Å². The molecule has 1 amide bonds. The van der Waals surface area contributed by atoms with Crippen LogP contribution in [0.25, 0.3) is 0 Å². The van der Waals surface area contributed by atoms with Crippen LogP contribution in [0.5, 0.6) is 0 Å².